The molecule has 1 aromatic heterocycles. The molecule has 0 bridgehead atoms. The van der Waals surface area contributed by atoms with Crippen LogP contribution in [0.3, 0.4) is 0 Å². The van der Waals surface area contributed by atoms with E-state index in [4.69, 9.17) is 0 Å². The van der Waals surface area contributed by atoms with Crippen LogP contribution in [0.5, 0.6) is 5.75 Å². The molecule has 6 nitrogen and oxygen atoms in total. The van der Waals surface area contributed by atoms with Crippen LogP contribution in [0.4, 0.5) is 13.2 Å². The van der Waals surface area contributed by atoms with Crippen molar-refractivity contribution in [1.29, 1.82) is 0 Å². The number of nitrogens with zero attached hydrogens (tertiary/aromatic N) is 2. The van der Waals surface area contributed by atoms with E-state index in [1.165, 1.54) is 30.3 Å². The van der Waals surface area contributed by atoms with Gasteiger partial charge in [0.05, 0.1) is 5.69 Å². The highest BCUT2D eigenvalue weighted by molar-refractivity contribution is 5.75. The molecule has 0 amide bonds. The molecule has 0 aliphatic heterocycles. The predicted molar refractivity (Wildman–Crippen MR) is 71.5 cm³/mol. The zero-order valence-corrected chi connectivity index (χ0v) is 11.9. The van der Waals surface area contributed by atoms with Crippen LogP contribution < -0.4 is 4.74 Å². The average Bonchev–Trinajstić information content (AvgIpc) is 2.89. The summed E-state index contributed by atoms with van der Waals surface area (Å²) in [4.78, 5) is 12.9. The van der Waals surface area contributed by atoms with Crippen LogP contribution in [-0.4, -0.2) is 34.5 Å². The molecule has 1 aromatic carbocycles. The number of carboxylic acids is 1. The molecule has 2 aromatic rings. The number of hydrogen-bond donors (Lipinski definition) is 1. The number of likely N-dealkylation sites (N-methyl/N-ethyl adjacent to an activating group) is 1. The van der Waals surface area contributed by atoms with E-state index in [1.807, 2.05) is 0 Å². The van der Waals surface area contributed by atoms with Gasteiger partial charge >= 0.3 is 12.3 Å². The largest absolute Gasteiger partial charge is 0.573 e. The first kappa shape index (κ1) is 16.8. The van der Waals surface area contributed by atoms with Crippen molar-refractivity contribution < 1.29 is 32.3 Å². The van der Waals surface area contributed by atoms with Gasteiger partial charge in [0.25, 0.3) is 0 Å². The maximum absolute atomic E-state index is 12.3. The first-order chi connectivity index (χ1) is 10.8. The standard InChI is InChI=1S/C14H13F3N2O4/c1-19(8-10-5-6-22-18-10)12(13(20)21)9-3-2-4-11(7-9)23-14(15,16)17/h2-7,12H,8H2,1H3,(H,20,21). The van der Waals surface area contributed by atoms with Gasteiger partial charge in [0.15, 0.2) is 0 Å². The molecule has 124 valence electrons. The molecule has 0 saturated carbocycles. The van der Waals surface area contributed by atoms with E-state index in [1.54, 1.807) is 6.07 Å². The van der Waals surface area contributed by atoms with Gasteiger partial charge in [-0.15, -0.1) is 13.2 Å². The van der Waals surface area contributed by atoms with E-state index < -0.39 is 24.1 Å². The molecule has 0 fully saturated rings. The molecule has 0 spiro atoms. The number of rotatable bonds is 6. The van der Waals surface area contributed by atoms with Gasteiger partial charge in [-0.3, -0.25) is 9.69 Å². The van der Waals surface area contributed by atoms with E-state index in [-0.39, 0.29) is 12.1 Å². The van der Waals surface area contributed by atoms with E-state index in [0.717, 1.165) is 12.1 Å². The fourth-order valence-electron chi connectivity index (χ4n) is 2.13. The molecule has 1 N–H and O–H groups in total. The minimum absolute atomic E-state index is 0.151. The van der Waals surface area contributed by atoms with Crippen molar-refractivity contribution in [3.05, 3.63) is 47.9 Å². The maximum atomic E-state index is 12.3. The van der Waals surface area contributed by atoms with Gasteiger partial charge in [0.2, 0.25) is 0 Å². The minimum atomic E-state index is -4.84. The van der Waals surface area contributed by atoms with Crippen molar-refractivity contribution in [1.82, 2.24) is 10.1 Å². The normalized spacial score (nSPS) is 13.1. The van der Waals surface area contributed by atoms with E-state index in [0.29, 0.717) is 5.69 Å². The molecule has 0 saturated heterocycles. The summed E-state index contributed by atoms with van der Waals surface area (Å²) >= 11 is 0. The van der Waals surface area contributed by atoms with Gasteiger partial charge in [-0.2, -0.15) is 0 Å². The Morgan fingerprint density at radius 3 is 2.74 bits per heavy atom. The molecule has 0 aliphatic carbocycles. The molecule has 0 radical (unpaired) electrons. The average molecular weight is 330 g/mol. The summed E-state index contributed by atoms with van der Waals surface area (Å²) in [7, 11) is 1.52. The Balaban J connectivity index is 2.23. The zero-order chi connectivity index (χ0) is 17.0. The third kappa shape index (κ3) is 4.71. The van der Waals surface area contributed by atoms with Crippen LogP contribution in [-0.2, 0) is 11.3 Å². The van der Waals surface area contributed by atoms with Crippen LogP contribution >= 0.6 is 0 Å². The third-order valence-electron chi connectivity index (χ3n) is 2.98. The molecule has 1 atom stereocenters. The second-order valence-corrected chi connectivity index (χ2v) is 4.77. The summed E-state index contributed by atoms with van der Waals surface area (Å²) in [6, 6.07) is 5.28. The van der Waals surface area contributed by atoms with E-state index in [9.17, 15) is 23.1 Å². The lowest BCUT2D eigenvalue weighted by Gasteiger charge is -2.24. The molecule has 1 heterocycles. The summed E-state index contributed by atoms with van der Waals surface area (Å²) in [5, 5.41) is 13.1. The zero-order valence-electron chi connectivity index (χ0n) is 11.9. The summed E-state index contributed by atoms with van der Waals surface area (Å²) < 4.78 is 45.3. The van der Waals surface area contributed by atoms with Crippen LogP contribution in [0.15, 0.2) is 41.1 Å². The number of carbonyl (C=O) groups is 1. The van der Waals surface area contributed by atoms with Gasteiger partial charge in [0.1, 0.15) is 18.1 Å². The number of ether oxygens (including phenoxy) is 1. The number of hydrogen-bond acceptors (Lipinski definition) is 5. The highest BCUT2D eigenvalue weighted by atomic mass is 19.4. The molecule has 1 unspecified atom stereocenters. The topological polar surface area (TPSA) is 75.8 Å². The summed E-state index contributed by atoms with van der Waals surface area (Å²) in [5.74, 6) is -1.68. The Bertz CT molecular complexity index is 658. The molecule has 0 aliphatic rings. The van der Waals surface area contributed by atoms with Crippen molar-refractivity contribution >= 4 is 5.97 Å². The summed E-state index contributed by atoms with van der Waals surface area (Å²) in [5.41, 5.74) is 0.659. The smallest absolute Gasteiger partial charge is 0.480 e. The molecule has 9 heteroatoms. The highest BCUT2D eigenvalue weighted by Crippen LogP contribution is 2.28. The summed E-state index contributed by atoms with van der Waals surface area (Å²) in [6.45, 7) is 0.151. The Labute approximate surface area is 129 Å². The van der Waals surface area contributed by atoms with Crippen molar-refractivity contribution in [2.45, 2.75) is 18.9 Å². The first-order valence-electron chi connectivity index (χ1n) is 6.44. The van der Waals surface area contributed by atoms with E-state index in [2.05, 4.69) is 14.4 Å². The van der Waals surface area contributed by atoms with Crippen molar-refractivity contribution in [3.8, 4) is 5.75 Å². The van der Waals surface area contributed by atoms with Gasteiger partial charge in [-0.1, -0.05) is 17.3 Å². The lowest BCUT2D eigenvalue weighted by atomic mass is 10.1. The lowest BCUT2D eigenvalue weighted by molar-refractivity contribution is -0.274. The van der Waals surface area contributed by atoms with Crippen LogP contribution in [0, 0.1) is 0 Å². The Kier molecular flexibility index (Phi) is 4.89. The van der Waals surface area contributed by atoms with Crippen molar-refractivity contribution in [2.24, 2.45) is 0 Å². The van der Waals surface area contributed by atoms with Gasteiger partial charge in [-0.25, -0.2) is 0 Å². The number of aromatic nitrogens is 1. The second-order valence-electron chi connectivity index (χ2n) is 4.77. The molecular formula is C14H13F3N2O4. The number of halogens is 3. The molecule has 2 rings (SSSR count). The van der Waals surface area contributed by atoms with Crippen molar-refractivity contribution in [3.63, 3.8) is 0 Å². The fraction of sp³-hybridized carbons (Fsp3) is 0.286. The van der Waals surface area contributed by atoms with Gasteiger partial charge in [0, 0.05) is 12.6 Å². The number of aliphatic carboxylic acids is 1. The Morgan fingerprint density at radius 1 is 1.43 bits per heavy atom. The predicted octanol–water partition coefficient (Wildman–Crippen LogP) is 2.83. The molecule has 23 heavy (non-hydrogen) atoms. The second kappa shape index (κ2) is 6.69. The summed E-state index contributed by atoms with van der Waals surface area (Å²) in [6.07, 6.45) is -3.50. The first-order valence-corrected chi connectivity index (χ1v) is 6.44. The van der Waals surface area contributed by atoms with Crippen molar-refractivity contribution in [2.75, 3.05) is 7.05 Å². The minimum Gasteiger partial charge on any atom is -0.480 e. The third-order valence-corrected chi connectivity index (χ3v) is 2.98. The van der Waals surface area contributed by atoms with Gasteiger partial charge < -0.3 is 14.4 Å². The maximum Gasteiger partial charge on any atom is 0.573 e. The van der Waals surface area contributed by atoms with Crippen LogP contribution in [0.1, 0.15) is 17.3 Å². The number of benzene rings is 1. The Hall–Kier alpha value is -2.55. The van der Waals surface area contributed by atoms with E-state index >= 15 is 0 Å². The molecular weight excluding hydrogens is 317 g/mol. The monoisotopic (exact) mass is 330 g/mol. The van der Waals surface area contributed by atoms with Crippen LogP contribution in [0.2, 0.25) is 0 Å². The van der Waals surface area contributed by atoms with Crippen LogP contribution in [0.25, 0.3) is 0 Å². The Morgan fingerprint density at radius 2 is 2.17 bits per heavy atom. The number of alkyl halides is 3. The quantitative estimate of drug-likeness (QED) is 0.878. The SMILES string of the molecule is CN(Cc1ccon1)C(C(=O)O)c1cccc(OC(F)(F)F)c1. The van der Waals surface area contributed by atoms with Gasteiger partial charge in [-0.05, 0) is 24.7 Å². The number of carboxylic acid groups (broad SMARTS) is 1. The fourth-order valence-corrected chi connectivity index (χ4v) is 2.13. The lowest BCUT2D eigenvalue weighted by Crippen LogP contribution is -2.30. The highest BCUT2D eigenvalue weighted by Gasteiger charge is 2.32.